The lowest BCUT2D eigenvalue weighted by Crippen LogP contribution is -2.47. The van der Waals surface area contributed by atoms with Crippen LogP contribution in [0.5, 0.6) is 0 Å². The van der Waals surface area contributed by atoms with Gasteiger partial charge in [-0.1, -0.05) is 18.2 Å². The first kappa shape index (κ1) is 17.2. The molecule has 0 spiro atoms. The van der Waals surface area contributed by atoms with Crippen LogP contribution in [0.15, 0.2) is 42.7 Å². The fourth-order valence-electron chi connectivity index (χ4n) is 3.58. The van der Waals surface area contributed by atoms with Crippen LogP contribution in [0.1, 0.15) is 31.2 Å². The summed E-state index contributed by atoms with van der Waals surface area (Å²) in [5.41, 5.74) is 1.69. The molecule has 1 aromatic carbocycles. The third kappa shape index (κ3) is 3.63. The van der Waals surface area contributed by atoms with E-state index < -0.39 is 5.41 Å². The summed E-state index contributed by atoms with van der Waals surface area (Å²) in [6.07, 6.45) is 7.19. The highest BCUT2D eigenvalue weighted by Gasteiger charge is 2.42. The molecule has 4 rings (SSSR count). The van der Waals surface area contributed by atoms with Gasteiger partial charge in [0.05, 0.1) is 5.41 Å². The summed E-state index contributed by atoms with van der Waals surface area (Å²) in [6.45, 7) is 1.10. The van der Waals surface area contributed by atoms with Crippen molar-refractivity contribution in [3.8, 4) is 11.1 Å². The number of nitrogens with zero attached hydrogens (tertiary/aromatic N) is 1. The van der Waals surface area contributed by atoms with Crippen LogP contribution in [-0.2, 0) is 16.0 Å². The topological polar surface area (TPSA) is 51.2 Å². The van der Waals surface area contributed by atoms with Crippen molar-refractivity contribution in [1.29, 1.82) is 0 Å². The third-order valence-electron chi connectivity index (χ3n) is 5.42. The van der Waals surface area contributed by atoms with E-state index in [9.17, 15) is 9.18 Å². The molecule has 0 unspecified atom stereocenters. The van der Waals surface area contributed by atoms with Gasteiger partial charge in [0.1, 0.15) is 5.82 Å². The van der Waals surface area contributed by atoms with E-state index in [1.165, 1.54) is 6.07 Å². The summed E-state index contributed by atoms with van der Waals surface area (Å²) in [6, 6.07) is 9.30. The molecule has 1 aliphatic carbocycles. The third-order valence-corrected chi connectivity index (χ3v) is 5.42. The molecule has 2 fully saturated rings. The molecule has 2 heterocycles. The molecular formula is C21H23FN2O2. The molecule has 1 aromatic heterocycles. The highest BCUT2D eigenvalue weighted by Crippen LogP contribution is 2.37. The summed E-state index contributed by atoms with van der Waals surface area (Å²) in [5, 5.41) is 3.12. The average molecular weight is 354 g/mol. The van der Waals surface area contributed by atoms with Gasteiger partial charge in [-0.25, -0.2) is 4.39 Å². The maximum Gasteiger partial charge on any atom is 0.226 e. The monoisotopic (exact) mass is 354 g/mol. The minimum atomic E-state index is -0.572. The zero-order valence-corrected chi connectivity index (χ0v) is 14.7. The van der Waals surface area contributed by atoms with E-state index in [4.69, 9.17) is 4.74 Å². The molecule has 2 aliphatic rings. The Morgan fingerprint density at radius 1 is 1.23 bits per heavy atom. The largest absolute Gasteiger partial charge is 0.381 e. The highest BCUT2D eigenvalue weighted by molar-refractivity contribution is 5.83. The Balaban J connectivity index is 1.58. The Kier molecular flexibility index (Phi) is 4.72. The molecule has 4 nitrogen and oxygen atoms in total. The molecule has 0 atom stereocenters. The smallest absolute Gasteiger partial charge is 0.226 e. The lowest BCUT2D eigenvalue weighted by atomic mass is 9.74. The van der Waals surface area contributed by atoms with Gasteiger partial charge in [0.15, 0.2) is 0 Å². The average Bonchev–Trinajstić information content (AvgIpc) is 3.49. The molecule has 1 saturated carbocycles. The Hall–Kier alpha value is -2.27. The number of benzene rings is 1. The first-order valence-corrected chi connectivity index (χ1v) is 9.24. The lowest BCUT2D eigenvalue weighted by Gasteiger charge is -2.36. The molecule has 1 N–H and O–H groups in total. The zero-order valence-electron chi connectivity index (χ0n) is 14.7. The summed E-state index contributed by atoms with van der Waals surface area (Å²) in [7, 11) is 0. The van der Waals surface area contributed by atoms with Crippen molar-refractivity contribution < 1.29 is 13.9 Å². The van der Waals surface area contributed by atoms with Crippen molar-refractivity contribution in [1.82, 2.24) is 10.3 Å². The van der Waals surface area contributed by atoms with E-state index >= 15 is 0 Å². The van der Waals surface area contributed by atoms with Crippen LogP contribution in [0.2, 0.25) is 0 Å². The normalized spacial score (nSPS) is 19.1. The number of ether oxygens (including phenoxy) is 1. The predicted molar refractivity (Wildman–Crippen MR) is 97.0 cm³/mol. The number of aromatic nitrogens is 1. The number of rotatable bonds is 5. The Bertz CT molecular complexity index is 784. The van der Waals surface area contributed by atoms with Crippen LogP contribution < -0.4 is 5.32 Å². The number of nitrogens with one attached hydrogen (secondary N) is 1. The molecular weight excluding hydrogens is 331 g/mol. The Labute approximate surface area is 152 Å². The Morgan fingerprint density at radius 3 is 2.69 bits per heavy atom. The van der Waals surface area contributed by atoms with Gasteiger partial charge in [0.25, 0.3) is 0 Å². The van der Waals surface area contributed by atoms with Crippen LogP contribution in [0, 0.1) is 11.2 Å². The predicted octanol–water partition coefficient (Wildman–Crippen LogP) is 3.51. The molecule has 26 heavy (non-hydrogen) atoms. The van der Waals surface area contributed by atoms with Gasteiger partial charge in [0.2, 0.25) is 5.91 Å². The van der Waals surface area contributed by atoms with Gasteiger partial charge in [-0.2, -0.15) is 0 Å². The first-order chi connectivity index (χ1) is 12.7. The van der Waals surface area contributed by atoms with Gasteiger partial charge in [-0.15, -0.1) is 0 Å². The summed E-state index contributed by atoms with van der Waals surface area (Å²) < 4.78 is 20.3. The highest BCUT2D eigenvalue weighted by atomic mass is 19.1. The quantitative estimate of drug-likeness (QED) is 0.894. The number of carbonyl (C=O) groups is 1. The molecule has 0 bridgehead atoms. The van der Waals surface area contributed by atoms with Crippen molar-refractivity contribution >= 4 is 5.91 Å². The van der Waals surface area contributed by atoms with Gasteiger partial charge in [-0.3, -0.25) is 9.78 Å². The van der Waals surface area contributed by atoms with E-state index in [0.717, 1.165) is 24.0 Å². The van der Waals surface area contributed by atoms with Crippen LogP contribution in [0.4, 0.5) is 4.39 Å². The van der Waals surface area contributed by atoms with Crippen LogP contribution in [-0.4, -0.2) is 30.1 Å². The second-order valence-electron chi connectivity index (χ2n) is 7.37. The van der Waals surface area contributed by atoms with Gasteiger partial charge in [-0.05, 0) is 55.4 Å². The van der Waals surface area contributed by atoms with E-state index in [0.29, 0.717) is 44.1 Å². The van der Waals surface area contributed by atoms with Crippen molar-refractivity contribution in [2.75, 3.05) is 13.2 Å². The van der Waals surface area contributed by atoms with E-state index in [-0.39, 0.29) is 11.7 Å². The number of carbonyl (C=O) groups excluding carboxylic acids is 1. The summed E-state index contributed by atoms with van der Waals surface area (Å²) in [4.78, 5) is 17.0. The van der Waals surface area contributed by atoms with Crippen molar-refractivity contribution in [2.24, 2.45) is 5.41 Å². The minimum absolute atomic E-state index is 0.0547. The van der Waals surface area contributed by atoms with Gasteiger partial charge < -0.3 is 10.1 Å². The molecule has 1 amide bonds. The van der Waals surface area contributed by atoms with Crippen molar-refractivity contribution in [3.05, 3.63) is 54.1 Å². The van der Waals surface area contributed by atoms with E-state index in [2.05, 4.69) is 10.3 Å². The fourth-order valence-corrected chi connectivity index (χ4v) is 3.58. The number of hydrogen-bond donors (Lipinski definition) is 1. The molecule has 5 heteroatoms. The molecule has 0 radical (unpaired) electrons. The number of halogens is 1. The molecule has 1 saturated heterocycles. The lowest BCUT2D eigenvalue weighted by molar-refractivity contribution is -0.136. The summed E-state index contributed by atoms with van der Waals surface area (Å²) in [5.74, 6) is -0.213. The molecule has 1 aliphatic heterocycles. The second-order valence-corrected chi connectivity index (χ2v) is 7.37. The van der Waals surface area contributed by atoms with Crippen molar-refractivity contribution in [3.63, 3.8) is 0 Å². The minimum Gasteiger partial charge on any atom is -0.381 e. The maximum absolute atomic E-state index is 14.8. The Morgan fingerprint density at radius 2 is 2.04 bits per heavy atom. The van der Waals surface area contributed by atoms with Crippen LogP contribution >= 0.6 is 0 Å². The van der Waals surface area contributed by atoms with E-state index in [1.54, 1.807) is 18.5 Å². The standard InChI is InChI=1S/C21H23FN2O2/c22-19-12-15(17-2-1-9-23-14-17)3-4-16(19)13-21(7-10-26-11-8-21)20(25)24-18-5-6-18/h1-4,9,12,14,18H,5-8,10-11,13H2,(H,24,25). The SMILES string of the molecule is O=C(NC1CC1)C1(Cc2ccc(-c3cccnc3)cc2F)CCOCC1. The van der Waals surface area contributed by atoms with E-state index in [1.807, 2.05) is 18.2 Å². The number of amides is 1. The maximum atomic E-state index is 14.8. The summed E-state index contributed by atoms with van der Waals surface area (Å²) >= 11 is 0. The molecule has 136 valence electrons. The van der Waals surface area contributed by atoms with Crippen LogP contribution in [0.3, 0.4) is 0 Å². The first-order valence-electron chi connectivity index (χ1n) is 9.24. The molecule has 2 aromatic rings. The fraction of sp³-hybridized carbons (Fsp3) is 0.429. The van der Waals surface area contributed by atoms with Gasteiger partial charge in [0, 0.05) is 37.2 Å². The van der Waals surface area contributed by atoms with Crippen molar-refractivity contribution in [2.45, 2.75) is 38.1 Å². The zero-order chi connectivity index (χ0) is 18.0. The van der Waals surface area contributed by atoms with Gasteiger partial charge >= 0.3 is 0 Å². The number of pyridine rings is 1. The van der Waals surface area contributed by atoms with Crippen LogP contribution in [0.25, 0.3) is 11.1 Å². The number of hydrogen-bond acceptors (Lipinski definition) is 3. The second kappa shape index (κ2) is 7.16.